The van der Waals surface area contributed by atoms with Gasteiger partial charge in [0.05, 0.1) is 0 Å². The van der Waals surface area contributed by atoms with Crippen molar-refractivity contribution in [1.29, 1.82) is 0 Å². The van der Waals surface area contributed by atoms with Gasteiger partial charge < -0.3 is 5.73 Å². The molecule has 2 aromatic rings. The topological polar surface area (TPSA) is 98.7 Å². The summed E-state index contributed by atoms with van der Waals surface area (Å²) in [6.45, 7) is 0. The molecule has 0 aliphatic carbocycles. The van der Waals surface area contributed by atoms with E-state index in [0.717, 1.165) is 4.57 Å². The van der Waals surface area contributed by atoms with E-state index in [4.69, 9.17) is 5.73 Å². The van der Waals surface area contributed by atoms with Crippen LogP contribution in [0.1, 0.15) is 0 Å². The Morgan fingerprint density at radius 2 is 1.93 bits per heavy atom. The fourth-order valence-corrected chi connectivity index (χ4v) is 1.37. The number of nitrogens with two attached hydrogens (primary N) is 1. The second kappa shape index (κ2) is 2.47. The van der Waals surface area contributed by atoms with Crippen LogP contribution in [-0.4, -0.2) is 19.3 Å². The van der Waals surface area contributed by atoms with Gasteiger partial charge in [0.25, 0.3) is 5.56 Å². The van der Waals surface area contributed by atoms with Crippen molar-refractivity contribution in [1.82, 2.24) is 19.3 Å². The summed E-state index contributed by atoms with van der Waals surface area (Å²) in [7, 11) is 2.93. The van der Waals surface area contributed by atoms with Gasteiger partial charge in [0.1, 0.15) is 11.2 Å². The van der Waals surface area contributed by atoms with Crippen molar-refractivity contribution in [3.63, 3.8) is 0 Å². The minimum Gasteiger partial charge on any atom is -0.383 e. The molecule has 0 bridgehead atoms. The fourth-order valence-electron chi connectivity index (χ4n) is 1.37. The summed E-state index contributed by atoms with van der Waals surface area (Å²) >= 11 is 0. The molecule has 7 heteroatoms. The lowest BCUT2D eigenvalue weighted by Crippen LogP contribution is -2.36. The Morgan fingerprint density at radius 1 is 1.29 bits per heavy atom. The van der Waals surface area contributed by atoms with Gasteiger partial charge in [-0.05, 0) is 0 Å². The lowest BCUT2D eigenvalue weighted by atomic mass is 10.4. The van der Waals surface area contributed by atoms with Gasteiger partial charge in [-0.3, -0.25) is 19.0 Å². The first-order chi connectivity index (χ1) is 6.54. The lowest BCUT2D eigenvalue weighted by molar-refractivity contribution is 0.708. The molecule has 0 saturated carbocycles. The van der Waals surface area contributed by atoms with E-state index in [9.17, 15) is 9.59 Å². The molecule has 3 N–H and O–H groups in total. The third-order valence-corrected chi connectivity index (χ3v) is 2.19. The highest BCUT2D eigenvalue weighted by molar-refractivity contribution is 5.84. The van der Waals surface area contributed by atoms with Gasteiger partial charge in [-0.1, -0.05) is 0 Å². The van der Waals surface area contributed by atoms with E-state index in [1.54, 1.807) is 0 Å². The van der Waals surface area contributed by atoms with Gasteiger partial charge in [-0.25, -0.2) is 4.79 Å². The summed E-state index contributed by atoms with van der Waals surface area (Å²) in [5, 5.41) is 6.49. The highest BCUT2D eigenvalue weighted by atomic mass is 16.2. The minimum absolute atomic E-state index is 0.177. The number of aryl methyl sites for hydroxylation is 1. The Balaban J connectivity index is 3.22. The van der Waals surface area contributed by atoms with Gasteiger partial charge in [0.15, 0.2) is 5.65 Å². The number of anilines is 1. The van der Waals surface area contributed by atoms with Crippen molar-refractivity contribution in [2.24, 2.45) is 14.1 Å². The molecular formula is C7H9N5O2. The standard InChI is InChI=1S/C7H9N5O2/c1-11-5-3(4(8)9-10-5)6(13)12(2)7(11)14/h1-2H3,(H3,8,9,10). The van der Waals surface area contributed by atoms with Crippen LogP contribution < -0.4 is 17.0 Å². The molecule has 0 aromatic carbocycles. The fraction of sp³-hybridized carbons (Fsp3) is 0.286. The third-order valence-electron chi connectivity index (χ3n) is 2.19. The predicted molar refractivity (Wildman–Crippen MR) is 51.0 cm³/mol. The van der Waals surface area contributed by atoms with Crippen LogP contribution >= 0.6 is 0 Å². The number of aromatic amines is 1. The first kappa shape index (κ1) is 8.54. The second-order valence-corrected chi connectivity index (χ2v) is 3.04. The molecule has 0 fully saturated rings. The first-order valence-electron chi connectivity index (χ1n) is 3.93. The molecule has 0 aliphatic heterocycles. The highest BCUT2D eigenvalue weighted by Crippen LogP contribution is 2.09. The van der Waals surface area contributed by atoms with E-state index < -0.39 is 11.2 Å². The number of nitrogens with one attached hydrogen (secondary N) is 1. The summed E-state index contributed by atoms with van der Waals surface area (Å²) in [5.74, 6) is 0.177. The maximum atomic E-state index is 11.6. The largest absolute Gasteiger partial charge is 0.383 e. The van der Waals surface area contributed by atoms with Crippen LogP contribution in [-0.2, 0) is 14.1 Å². The SMILES string of the molecule is Cn1c(=O)c2c(N)[nH]nc2n(C)c1=O. The molecular weight excluding hydrogens is 186 g/mol. The molecule has 2 aromatic heterocycles. The number of rotatable bonds is 0. The Hall–Kier alpha value is -2.05. The average Bonchev–Trinajstić information content (AvgIpc) is 2.54. The number of H-pyrrole nitrogens is 1. The summed E-state index contributed by atoms with van der Waals surface area (Å²) in [4.78, 5) is 23.0. The monoisotopic (exact) mass is 195 g/mol. The van der Waals surface area contributed by atoms with E-state index >= 15 is 0 Å². The van der Waals surface area contributed by atoms with Crippen molar-refractivity contribution in [3.05, 3.63) is 20.8 Å². The van der Waals surface area contributed by atoms with E-state index in [0.29, 0.717) is 0 Å². The third kappa shape index (κ3) is 0.832. The molecule has 0 aliphatic rings. The van der Waals surface area contributed by atoms with E-state index in [1.807, 2.05) is 0 Å². The number of hydrogen-bond acceptors (Lipinski definition) is 4. The zero-order valence-corrected chi connectivity index (χ0v) is 7.74. The molecule has 0 atom stereocenters. The normalized spacial score (nSPS) is 11.0. The summed E-state index contributed by atoms with van der Waals surface area (Å²) in [5.41, 5.74) is 4.93. The van der Waals surface area contributed by atoms with Crippen LogP contribution in [0.2, 0.25) is 0 Å². The van der Waals surface area contributed by atoms with Crippen molar-refractivity contribution >= 4 is 16.9 Å². The summed E-state index contributed by atoms with van der Waals surface area (Å²) < 4.78 is 2.26. The number of nitrogen functional groups attached to an aromatic ring is 1. The molecule has 74 valence electrons. The van der Waals surface area contributed by atoms with E-state index in [2.05, 4.69) is 10.2 Å². The van der Waals surface area contributed by atoms with E-state index in [-0.39, 0.29) is 16.9 Å². The first-order valence-corrected chi connectivity index (χ1v) is 3.93. The van der Waals surface area contributed by atoms with Crippen molar-refractivity contribution in [3.8, 4) is 0 Å². The van der Waals surface area contributed by atoms with Crippen molar-refractivity contribution in [2.45, 2.75) is 0 Å². The predicted octanol–water partition coefficient (Wildman–Crippen LogP) is -1.46. The van der Waals surface area contributed by atoms with E-state index in [1.165, 1.54) is 18.7 Å². The zero-order chi connectivity index (χ0) is 10.5. The van der Waals surface area contributed by atoms with Crippen LogP contribution in [0, 0.1) is 0 Å². The number of fused-ring (bicyclic) bond motifs is 1. The van der Waals surface area contributed by atoms with Gasteiger partial charge in [0, 0.05) is 14.1 Å². The Morgan fingerprint density at radius 3 is 2.57 bits per heavy atom. The molecule has 0 amide bonds. The Bertz CT molecular complexity index is 617. The second-order valence-electron chi connectivity index (χ2n) is 3.04. The molecule has 0 saturated heterocycles. The van der Waals surface area contributed by atoms with Gasteiger partial charge >= 0.3 is 5.69 Å². The molecule has 7 nitrogen and oxygen atoms in total. The molecule has 0 spiro atoms. The molecule has 14 heavy (non-hydrogen) atoms. The van der Waals surface area contributed by atoms with Crippen LogP contribution in [0.25, 0.3) is 11.0 Å². The van der Waals surface area contributed by atoms with Crippen LogP contribution in [0.3, 0.4) is 0 Å². The Labute approximate surface area is 77.8 Å². The molecule has 0 radical (unpaired) electrons. The number of nitrogens with zero attached hydrogens (tertiary/aromatic N) is 3. The van der Waals surface area contributed by atoms with Crippen LogP contribution in [0.5, 0.6) is 0 Å². The lowest BCUT2D eigenvalue weighted by Gasteiger charge is -2.01. The smallest absolute Gasteiger partial charge is 0.332 e. The summed E-state index contributed by atoms with van der Waals surface area (Å²) in [6, 6.07) is 0. The maximum absolute atomic E-state index is 11.6. The average molecular weight is 195 g/mol. The molecule has 2 rings (SSSR count). The minimum atomic E-state index is -0.436. The zero-order valence-electron chi connectivity index (χ0n) is 7.74. The van der Waals surface area contributed by atoms with Crippen molar-refractivity contribution in [2.75, 3.05) is 5.73 Å². The van der Waals surface area contributed by atoms with Crippen molar-refractivity contribution < 1.29 is 0 Å². The summed E-state index contributed by atoms with van der Waals surface area (Å²) in [6.07, 6.45) is 0. The van der Waals surface area contributed by atoms with Crippen LogP contribution in [0.15, 0.2) is 9.59 Å². The number of hydrogen-bond donors (Lipinski definition) is 2. The molecule has 2 heterocycles. The molecule has 0 unspecified atom stereocenters. The number of aromatic nitrogens is 4. The van der Waals surface area contributed by atoms with Gasteiger partial charge in [-0.15, -0.1) is 0 Å². The highest BCUT2D eigenvalue weighted by Gasteiger charge is 2.13. The Kier molecular flexibility index (Phi) is 1.51. The van der Waals surface area contributed by atoms with Crippen LogP contribution in [0.4, 0.5) is 5.82 Å². The van der Waals surface area contributed by atoms with Gasteiger partial charge in [-0.2, -0.15) is 5.10 Å². The quantitative estimate of drug-likeness (QED) is 0.536. The maximum Gasteiger partial charge on any atom is 0.332 e. The van der Waals surface area contributed by atoms with Gasteiger partial charge in [0.2, 0.25) is 0 Å².